The molecule has 21 heavy (non-hydrogen) atoms. The van der Waals surface area contributed by atoms with Crippen LogP contribution < -0.4 is 10.5 Å². The summed E-state index contributed by atoms with van der Waals surface area (Å²) < 4.78 is 30.1. The Bertz CT molecular complexity index is 709. The lowest BCUT2D eigenvalue weighted by Crippen LogP contribution is -2.36. The first kappa shape index (κ1) is 16.5. The molecule has 0 radical (unpaired) electrons. The van der Waals surface area contributed by atoms with E-state index < -0.39 is 10.0 Å². The minimum atomic E-state index is -3.68. The van der Waals surface area contributed by atoms with Gasteiger partial charge in [-0.2, -0.15) is 5.10 Å². The fourth-order valence-electron chi connectivity index (χ4n) is 1.89. The van der Waals surface area contributed by atoms with Crippen LogP contribution in [0.15, 0.2) is 44.4 Å². The minimum Gasteiger partial charge on any atom is -0.399 e. The van der Waals surface area contributed by atoms with Gasteiger partial charge < -0.3 is 5.73 Å². The fraction of sp³-hybridized carbons (Fsp3) is 0.250. The van der Waals surface area contributed by atoms with Crippen LogP contribution in [0, 0.1) is 0 Å². The first-order valence-electron chi connectivity index (χ1n) is 6.04. The number of benzene rings is 1. The molecule has 0 aliphatic heterocycles. The predicted molar refractivity (Wildman–Crippen MR) is 88.3 cm³/mol. The van der Waals surface area contributed by atoms with E-state index in [4.69, 9.17) is 5.73 Å². The second-order valence-electron chi connectivity index (χ2n) is 4.56. The zero-order valence-electron chi connectivity index (χ0n) is 11.1. The molecule has 0 aliphatic rings. The van der Waals surface area contributed by atoms with Crippen LogP contribution in [-0.4, -0.2) is 24.2 Å². The van der Waals surface area contributed by atoms with Gasteiger partial charge in [-0.05, 0) is 57.0 Å². The van der Waals surface area contributed by atoms with Crippen molar-refractivity contribution in [1.29, 1.82) is 0 Å². The molecule has 1 atom stereocenters. The van der Waals surface area contributed by atoms with Crippen LogP contribution in [0.1, 0.15) is 6.92 Å². The molecule has 9 heteroatoms. The molecular formula is C12H14Br2N4O2S. The van der Waals surface area contributed by atoms with E-state index in [0.717, 1.165) is 0 Å². The quantitative estimate of drug-likeness (QED) is 0.702. The zero-order chi connectivity index (χ0) is 15.6. The topological polar surface area (TPSA) is 90.0 Å². The summed E-state index contributed by atoms with van der Waals surface area (Å²) in [4.78, 5) is 0.129. The number of halogens is 2. The Labute approximate surface area is 140 Å². The number of nitrogens with two attached hydrogens (primary N) is 1. The lowest BCUT2D eigenvalue weighted by atomic mass is 10.3. The summed E-state index contributed by atoms with van der Waals surface area (Å²) in [5.74, 6) is 0. The van der Waals surface area contributed by atoms with Gasteiger partial charge in [0.1, 0.15) is 4.90 Å². The van der Waals surface area contributed by atoms with Gasteiger partial charge in [-0.3, -0.25) is 4.68 Å². The molecule has 6 nitrogen and oxygen atoms in total. The van der Waals surface area contributed by atoms with Crippen LogP contribution >= 0.6 is 31.9 Å². The third kappa shape index (κ3) is 4.06. The van der Waals surface area contributed by atoms with Crippen LogP contribution in [-0.2, 0) is 16.6 Å². The Morgan fingerprint density at radius 3 is 2.52 bits per heavy atom. The number of nitrogen functional groups attached to an aromatic ring is 1. The van der Waals surface area contributed by atoms with Crippen molar-refractivity contribution < 1.29 is 8.42 Å². The van der Waals surface area contributed by atoms with Crippen molar-refractivity contribution in [1.82, 2.24) is 14.5 Å². The lowest BCUT2D eigenvalue weighted by Gasteiger charge is -2.16. The summed E-state index contributed by atoms with van der Waals surface area (Å²) in [5.41, 5.74) is 6.15. The zero-order valence-corrected chi connectivity index (χ0v) is 15.1. The molecule has 0 spiro atoms. The number of rotatable bonds is 5. The Hall–Kier alpha value is -0.900. The van der Waals surface area contributed by atoms with Crippen LogP contribution in [0.3, 0.4) is 0 Å². The second-order valence-corrected chi connectivity index (χ2v) is 7.92. The number of sulfonamides is 1. The van der Waals surface area contributed by atoms with Gasteiger partial charge in [0.15, 0.2) is 0 Å². The number of aromatic nitrogens is 2. The Kier molecular flexibility index (Phi) is 5.07. The van der Waals surface area contributed by atoms with Crippen LogP contribution in [0.5, 0.6) is 0 Å². The third-order valence-corrected chi connectivity index (χ3v) is 6.13. The molecule has 1 aromatic heterocycles. The maximum Gasteiger partial charge on any atom is 0.243 e. The van der Waals surface area contributed by atoms with Crippen LogP contribution in [0.2, 0.25) is 0 Å². The van der Waals surface area contributed by atoms with Gasteiger partial charge in [0.2, 0.25) is 10.0 Å². The summed E-state index contributed by atoms with van der Waals surface area (Å²) in [6, 6.07) is 4.58. The maximum absolute atomic E-state index is 12.5. The maximum atomic E-state index is 12.5. The van der Waals surface area contributed by atoms with E-state index >= 15 is 0 Å². The number of hydrogen-bond acceptors (Lipinski definition) is 4. The number of nitrogens with one attached hydrogen (secondary N) is 1. The fourth-order valence-corrected chi connectivity index (χ4v) is 5.74. The molecule has 0 saturated heterocycles. The summed E-state index contributed by atoms with van der Waals surface area (Å²) in [6.07, 6.45) is 3.42. The highest BCUT2D eigenvalue weighted by Crippen LogP contribution is 2.32. The molecule has 114 valence electrons. The smallest absolute Gasteiger partial charge is 0.243 e. The van der Waals surface area contributed by atoms with Crippen molar-refractivity contribution in [3.8, 4) is 0 Å². The molecule has 3 N–H and O–H groups in total. The second kappa shape index (κ2) is 6.47. The molecule has 1 heterocycles. The van der Waals surface area contributed by atoms with E-state index in [1.54, 1.807) is 42.2 Å². The molecule has 1 aromatic carbocycles. The largest absolute Gasteiger partial charge is 0.399 e. The van der Waals surface area contributed by atoms with Crippen molar-refractivity contribution >= 4 is 47.6 Å². The molecule has 0 fully saturated rings. The van der Waals surface area contributed by atoms with Gasteiger partial charge in [0, 0.05) is 33.1 Å². The SMILES string of the molecule is CC(Cn1cccn1)NS(=O)(=O)c1c(Br)cc(N)cc1Br. The van der Waals surface area contributed by atoms with Gasteiger partial charge in [-0.25, -0.2) is 13.1 Å². The predicted octanol–water partition coefficient (Wildman–Crippen LogP) is 2.36. The summed E-state index contributed by atoms with van der Waals surface area (Å²) in [6.45, 7) is 2.22. The van der Waals surface area contributed by atoms with Crippen molar-refractivity contribution in [2.75, 3.05) is 5.73 Å². The highest BCUT2D eigenvalue weighted by molar-refractivity contribution is 9.11. The van der Waals surface area contributed by atoms with Gasteiger partial charge in [-0.15, -0.1) is 0 Å². The van der Waals surface area contributed by atoms with Crippen molar-refractivity contribution in [3.05, 3.63) is 39.5 Å². The highest BCUT2D eigenvalue weighted by atomic mass is 79.9. The molecule has 2 aromatic rings. The van der Waals surface area contributed by atoms with Gasteiger partial charge in [-0.1, -0.05) is 0 Å². The Morgan fingerprint density at radius 2 is 2.00 bits per heavy atom. The van der Waals surface area contributed by atoms with Crippen molar-refractivity contribution in [2.45, 2.75) is 24.4 Å². The molecule has 2 rings (SSSR count). The number of hydrogen-bond donors (Lipinski definition) is 2. The summed E-state index contributed by atoms with van der Waals surface area (Å²) in [5, 5.41) is 4.05. The van der Waals surface area contributed by atoms with E-state index in [1.165, 1.54) is 0 Å². The summed E-state index contributed by atoms with van der Waals surface area (Å²) >= 11 is 6.48. The normalized spacial score (nSPS) is 13.3. The van der Waals surface area contributed by atoms with E-state index in [2.05, 4.69) is 41.7 Å². The first-order valence-corrected chi connectivity index (χ1v) is 9.11. The van der Waals surface area contributed by atoms with E-state index in [1.807, 2.05) is 0 Å². The molecule has 0 saturated carbocycles. The van der Waals surface area contributed by atoms with Crippen LogP contribution in [0.25, 0.3) is 0 Å². The summed E-state index contributed by atoms with van der Waals surface area (Å²) in [7, 11) is -3.68. The average Bonchev–Trinajstić information content (AvgIpc) is 2.78. The molecule has 1 unspecified atom stereocenters. The monoisotopic (exact) mass is 436 g/mol. The molecule has 0 bridgehead atoms. The molecule has 0 aliphatic carbocycles. The minimum absolute atomic E-state index is 0.129. The first-order chi connectivity index (χ1) is 9.79. The Morgan fingerprint density at radius 1 is 1.38 bits per heavy atom. The van der Waals surface area contributed by atoms with Crippen LogP contribution in [0.4, 0.5) is 5.69 Å². The highest BCUT2D eigenvalue weighted by Gasteiger charge is 2.23. The van der Waals surface area contributed by atoms with Crippen molar-refractivity contribution in [3.63, 3.8) is 0 Å². The molecular weight excluding hydrogens is 424 g/mol. The van der Waals surface area contributed by atoms with Gasteiger partial charge in [0.05, 0.1) is 6.54 Å². The van der Waals surface area contributed by atoms with Gasteiger partial charge in [0.25, 0.3) is 0 Å². The lowest BCUT2D eigenvalue weighted by molar-refractivity contribution is 0.493. The average molecular weight is 438 g/mol. The standard InChI is InChI=1S/C12H14Br2N4O2S/c1-8(7-18-4-2-3-16-18)17-21(19,20)12-10(13)5-9(15)6-11(12)14/h2-6,8,17H,7,15H2,1H3. The molecule has 0 amide bonds. The van der Waals surface area contributed by atoms with E-state index in [-0.39, 0.29) is 10.9 Å². The number of nitrogens with zero attached hydrogens (tertiary/aromatic N) is 2. The third-order valence-electron chi connectivity index (χ3n) is 2.67. The van der Waals surface area contributed by atoms with Gasteiger partial charge >= 0.3 is 0 Å². The Balaban J connectivity index is 2.22. The van der Waals surface area contributed by atoms with E-state index in [0.29, 0.717) is 21.2 Å². The van der Waals surface area contributed by atoms with Crippen molar-refractivity contribution in [2.24, 2.45) is 0 Å². The van der Waals surface area contributed by atoms with E-state index in [9.17, 15) is 8.42 Å². The number of anilines is 1.